The molecule has 1 unspecified atom stereocenters. The average Bonchev–Trinajstić information content (AvgIpc) is 3.05. The maximum Gasteiger partial charge on any atom is 0.119 e. The molecule has 1 aromatic carbocycles. The van der Waals surface area contributed by atoms with E-state index in [1.54, 1.807) is 11.3 Å². The van der Waals surface area contributed by atoms with Gasteiger partial charge in [-0.3, -0.25) is 0 Å². The maximum atomic E-state index is 9.20. The van der Waals surface area contributed by atoms with Crippen molar-refractivity contribution < 1.29 is 9.84 Å². The van der Waals surface area contributed by atoms with E-state index >= 15 is 0 Å². The molecule has 2 rings (SSSR count). The Morgan fingerprint density at radius 1 is 1.21 bits per heavy atom. The standard InChI is InChI=1S/C20H27NO2S/c1-3-16-6-8-17(9-7-16)23-14-4-5-18-10-11-19(24-18)12-13-20(2,21)15-22/h4-11,22H,3,12-15,21H2,1-2H3/b5-4+. The number of rotatable bonds is 9. The van der Waals surface area contributed by atoms with Gasteiger partial charge in [-0.15, -0.1) is 11.3 Å². The molecular formula is C20H27NO2S. The molecular weight excluding hydrogens is 318 g/mol. The minimum atomic E-state index is -0.499. The van der Waals surface area contributed by atoms with Gasteiger partial charge in [0.2, 0.25) is 0 Å². The van der Waals surface area contributed by atoms with Crippen LogP contribution in [0.4, 0.5) is 0 Å². The second-order valence-corrected chi connectivity index (χ2v) is 7.53. The van der Waals surface area contributed by atoms with Crippen LogP contribution >= 0.6 is 11.3 Å². The summed E-state index contributed by atoms with van der Waals surface area (Å²) in [6.45, 7) is 4.60. The van der Waals surface area contributed by atoms with E-state index in [0.717, 1.165) is 25.0 Å². The first-order chi connectivity index (χ1) is 11.5. The van der Waals surface area contributed by atoms with Crippen LogP contribution in [-0.2, 0) is 12.8 Å². The maximum absolute atomic E-state index is 9.20. The Balaban J connectivity index is 1.78. The molecule has 1 aromatic heterocycles. The number of thiophene rings is 1. The zero-order valence-electron chi connectivity index (χ0n) is 14.5. The lowest BCUT2D eigenvalue weighted by Gasteiger charge is -2.20. The first kappa shape index (κ1) is 18.7. The predicted octanol–water partition coefficient (Wildman–Crippen LogP) is 4.05. The molecule has 3 nitrogen and oxygen atoms in total. The van der Waals surface area contributed by atoms with Gasteiger partial charge in [-0.05, 0) is 68.2 Å². The molecule has 130 valence electrons. The third-order valence-corrected chi connectivity index (χ3v) is 5.06. The van der Waals surface area contributed by atoms with E-state index < -0.39 is 5.54 Å². The molecule has 1 heterocycles. The van der Waals surface area contributed by atoms with Crippen LogP contribution in [0.1, 0.15) is 35.6 Å². The average molecular weight is 346 g/mol. The normalized spacial score (nSPS) is 14.0. The fourth-order valence-corrected chi connectivity index (χ4v) is 3.18. The second-order valence-electron chi connectivity index (χ2n) is 6.33. The monoisotopic (exact) mass is 345 g/mol. The first-order valence-electron chi connectivity index (χ1n) is 8.39. The molecule has 0 aliphatic heterocycles. The number of hydrogen-bond acceptors (Lipinski definition) is 4. The summed E-state index contributed by atoms with van der Waals surface area (Å²) in [4.78, 5) is 2.49. The molecule has 0 saturated heterocycles. The van der Waals surface area contributed by atoms with Crippen LogP contribution in [0.25, 0.3) is 6.08 Å². The summed E-state index contributed by atoms with van der Waals surface area (Å²) >= 11 is 1.76. The summed E-state index contributed by atoms with van der Waals surface area (Å²) in [6, 6.07) is 12.5. The van der Waals surface area contributed by atoms with E-state index in [1.165, 1.54) is 15.3 Å². The molecule has 3 N–H and O–H groups in total. The quantitative estimate of drug-likeness (QED) is 0.721. The SMILES string of the molecule is CCc1ccc(OC/C=C/c2ccc(CCC(C)(N)CO)s2)cc1. The molecule has 0 radical (unpaired) electrons. The van der Waals surface area contributed by atoms with Crippen LogP contribution in [0.5, 0.6) is 5.75 Å². The summed E-state index contributed by atoms with van der Waals surface area (Å²) in [6.07, 6.45) is 6.84. The van der Waals surface area contributed by atoms with Crippen LogP contribution in [-0.4, -0.2) is 23.9 Å². The number of hydrogen-bond donors (Lipinski definition) is 2. The highest BCUT2D eigenvalue weighted by molar-refractivity contribution is 7.12. The van der Waals surface area contributed by atoms with Gasteiger partial charge >= 0.3 is 0 Å². The fraction of sp³-hybridized carbons (Fsp3) is 0.400. The lowest BCUT2D eigenvalue weighted by atomic mass is 9.98. The third-order valence-electron chi connectivity index (χ3n) is 3.95. The Bertz CT molecular complexity index is 644. The van der Waals surface area contributed by atoms with E-state index in [1.807, 2.05) is 25.1 Å². The molecule has 0 aliphatic rings. The van der Waals surface area contributed by atoms with Gasteiger partial charge in [-0.25, -0.2) is 0 Å². The molecule has 24 heavy (non-hydrogen) atoms. The van der Waals surface area contributed by atoms with Gasteiger partial charge in [0.05, 0.1) is 6.61 Å². The van der Waals surface area contributed by atoms with Crippen LogP contribution in [0, 0.1) is 0 Å². The van der Waals surface area contributed by atoms with Crippen LogP contribution in [0.2, 0.25) is 0 Å². The Morgan fingerprint density at radius 2 is 1.96 bits per heavy atom. The molecule has 0 fully saturated rings. The van der Waals surface area contributed by atoms with Crippen molar-refractivity contribution in [3.8, 4) is 5.75 Å². The molecule has 1 atom stereocenters. The Labute approximate surface area is 148 Å². The van der Waals surface area contributed by atoms with Crippen LogP contribution < -0.4 is 10.5 Å². The summed E-state index contributed by atoms with van der Waals surface area (Å²) in [5.74, 6) is 0.898. The van der Waals surface area contributed by atoms with Gasteiger partial charge in [-0.1, -0.05) is 19.1 Å². The van der Waals surface area contributed by atoms with E-state index in [-0.39, 0.29) is 6.61 Å². The molecule has 0 saturated carbocycles. The summed E-state index contributed by atoms with van der Waals surface area (Å²) in [5.41, 5.74) is 6.79. The number of ether oxygens (including phenoxy) is 1. The number of nitrogens with two attached hydrogens (primary N) is 1. The Kier molecular flexibility index (Phi) is 7.03. The molecule has 4 heteroatoms. The molecule has 0 spiro atoms. The summed E-state index contributed by atoms with van der Waals surface area (Å²) in [5, 5.41) is 9.20. The van der Waals surface area contributed by atoms with Crippen molar-refractivity contribution >= 4 is 17.4 Å². The van der Waals surface area contributed by atoms with Crippen molar-refractivity contribution in [2.45, 2.75) is 38.6 Å². The molecule has 0 amide bonds. The van der Waals surface area contributed by atoms with Gasteiger partial charge in [0.1, 0.15) is 12.4 Å². The van der Waals surface area contributed by atoms with Crippen molar-refractivity contribution in [1.82, 2.24) is 0 Å². The van der Waals surface area contributed by atoms with Crippen molar-refractivity contribution in [3.05, 3.63) is 57.8 Å². The van der Waals surface area contributed by atoms with Gasteiger partial charge < -0.3 is 15.6 Å². The zero-order valence-corrected chi connectivity index (χ0v) is 15.3. The number of aliphatic hydroxyl groups excluding tert-OH is 1. The zero-order chi connectivity index (χ0) is 17.4. The highest BCUT2D eigenvalue weighted by Gasteiger charge is 2.16. The molecule has 2 aromatic rings. The van der Waals surface area contributed by atoms with E-state index in [9.17, 15) is 5.11 Å². The Hall–Kier alpha value is -1.62. The van der Waals surface area contributed by atoms with Crippen LogP contribution in [0.3, 0.4) is 0 Å². The van der Waals surface area contributed by atoms with Crippen molar-refractivity contribution in [1.29, 1.82) is 0 Å². The smallest absolute Gasteiger partial charge is 0.119 e. The van der Waals surface area contributed by atoms with E-state index in [4.69, 9.17) is 10.5 Å². The minimum absolute atomic E-state index is 0.0156. The van der Waals surface area contributed by atoms with Crippen molar-refractivity contribution in [3.63, 3.8) is 0 Å². The molecule has 0 aliphatic carbocycles. The topological polar surface area (TPSA) is 55.5 Å². The van der Waals surface area contributed by atoms with Gasteiger partial charge in [0, 0.05) is 15.3 Å². The van der Waals surface area contributed by atoms with Crippen LogP contribution in [0.15, 0.2) is 42.5 Å². The lowest BCUT2D eigenvalue weighted by molar-refractivity contribution is 0.201. The van der Waals surface area contributed by atoms with E-state index in [0.29, 0.717) is 6.61 Å². The van der Waals surface area contributed by atoms with Gasteiger partial charge in [0.25, 0.3) is 0 Å². The second kappa shape index (κ2) is 9.02. The lowest BCUT2D eigenvalue weighted by Crippen LogP contribution is -2.40. The predicted molar refractivity (Wildman–Crippen MR) is 103 cm³/mol. The highest BCUT2D eigenvalue weighted by atomic mass is 32.1. The van der Waals surface area contributed by atoms with Crippen molar-refractivity contribution in [2.75, 3.05) is 13.2 Å². The fourth-order valence-electron chi connectivity index (χ4n) is 2.24. The van der Waals surface area contributed by atoms with Gasteiger partial charge in [0.15, 0.2) is 0 Å². The highest BCUT2D eigenvalue weighted by Crippen LogP contribution is 2.21. The molecule has 0 bridgehead atoms. The first-order valence-corrected chi connectivity index (χ1v) is 9.21. The van der Waals surface area contributed by atoms with Crippen molar-refractivity contribution in [2.24, 2.45) is 5.73 Å². The summed E-state index contributed by atoms with van der Waals surface area (Å²) < 4.78 is 5.71. The van der Waals surface area contributed by atoms with Gasteiger partial charge in [-0.2, -0.15) is 0 Å². The number of benzene rings is 1. The number of aliphatic hydroxyl groups is 1. The minimum Gasteiger partial charge on any atom is -0.490 e. The van der Waals surface area contributed by atoms with E-state index in [2.05, 4.69) is 37.3 Å². The third kappa shape index (κ3) is 6.11. The summed E-state index contributed by atoms with van der Waals surface area (Å²) in [7, 11) is 0. The largest absolute Gasteiger partial charge is 0.490 e. The Morgan fingerprint density at radius 3 is 2.62 bits per heavy atom. The number of aryl methyl sites for hydroxylation is 2.